The van der Waals surface area contributed by atoms with E-state index in [2.05, 4.69) is 5.73 Å². The normalized spacial score (nSPS) is 14.0. The van der Waals surface area contributed by atoms with E-state index < -0.39 is 42.9 Å². The lowest BCUT2D eigenvalue weighted by atomic mass is 10.2. The molecule has 0 saturated heterocycles. The van der Waals surface area contributed by atoms with E-state index in [0.717, 1.165) is 0 Å². The van der Waals surface area contributed by atoms with Crippen molar-refractivity contribution in [3.8, 4) is 0 Å². The Morgan fingerprint density at radius 3 is 2.33 bits per heavy atom. The molecule has 0 aliphatic carbocycles. The van der Waals surface area contributed by atoms with E-state index in [-0.39, 0.29) is 0 Å². The van der Waals surface area contributed by atoms with Gasteiger partial charge in [0.05, 0.1) is 18.4 Å². The summed E-state index contributed by atoms with van der Waals surface area (Å²) in [5.74, 6) is -3.28. The van der Waals surface area contributed by atoms with Gasteiger partial charge < -0.3 is 31.8 Å². The minimum atomic E-state index is -1.62. The number of carboxylic acid groups (broad SMARTS) is 1. The van der Waals surface area contributed by atoms with Crippen molar-refractivity contribution in [2.75, 3.05) is 6.61 Å². The topological polar surface area (TPSA) is 160 Å². The number of hydrogen-bond donors (Lipinski definition) is 4. The predicted octanol–water partition coefficient (Wildman–Crippen LogP) is -5.30. The van der Waals surface area contributed by atoms with E-state index in [9.17, 15) is 19.5 Å². The van der Waals surface area contributed by atoms with Crippen LogP contribution in [0.4, 0.5) is 0 Å². The summed E-state index contributed by atoms with van der Waals surface area (Å²) in [6.07, 6.45) is -0.563. The van der Waals surface area contributed by atoms with Crippen molar-refractivity contribution < 1.29 is 30.3 Å². The lowest BCUT2D eigenvalue weighted by Gasteiger charge is -2.18. The standard InChI is InChI=1S/C7H13N3O5/c8-3(2-11)6(13)10-4(7(14)15)1-5(9)12/h3-4,11H,1-2,8H2,(H2,9,12)(H,10,13)(H,14,15)/t3-,4-/m0/s1. The van der Waals surface area contributed by atoms with Gasteiger partial charge in [-0.25, -0.2) is 0 Å². The van der Waals surface area contributed by atoms with E-state index in [1.54, 1.807) is 0 Å². The number of quaternary nitrogens is 1. The van der Waals surface area contributed by atoms with Gasteiger partial charge in [-0.15, -0.1) is 0 Å². The first kappa shape index (κ1) is 13.3. The lowest BCUT2D eigenvalue weighted by Crippen LogP contribution is -2.70. The zero-order chi connectivity index (χ0) is 12.0. The Bertz CT molecular complexity index is 267. The summed E-state index contributed by atoms with van der Waals surface area (Å²) < 4.78 is 0. The molecule has 0 saturated carbocycles. The van der Waals surface area contributed by atoms with Crippen molar-refractivity contribution >= 4 is 17.8 Å². The summed E-state index contributed by atoms with van der Waals surface area (Å²) in [7, 11) is 0. The molecule has 0 aliphatic heterocycles. The molecular weight excluding hydrogens is 206 g/mol. The van der Waals surface area contributed by atoms with Crippen molar-refractivity contribution in [1.82, 2.24) is 5.32 Å². The van der Waals surface area contributed by atoms with Crippen LogP contribution in [0.5, 0.6) is 0 Å². The van der Waals surface area contributed by atoms with Crippen LogP contribution < -0.4 is 21.9 Å². The van der Waals surface area contributed by atoms with Gasteiger partial charge in [-0.3, -0.25) is 9.59 Å². The number of amides is 2. The number of hydrogen-bond acceptors (Lipinski definition) is 5. The first-order valence-electron chi connectivity index (χ1n) is 4.12. The van der Waals surface area contributed by atoms with Gasteiger partial charge in [0.1, 0.15) is 6.61 Å². The smallest absolute Gasteiger partial charge is 0.281 e. The number of rotatable bonds is 6. The van der Waals surface area contributed by atoms with Crippen molar-refractivity contribution in [2.24, 2.45) is 5.73 Å². The number of aliphatic carboxylic acids is 1. The third kappa shape index (κ3) is 4.93. The highest BCUT2D eigenvalue weighted by Crippen LogP contribution is 1.90. The van der Waals surface area contributed by atoms with Gasteiger partial charge in [0.15, 0.2) is 6.04 Å². The molecule has 0 bridgehead atoms. The molecule has 7 N–H and O–H groups in total. The Balaban J connectivity index is 4.35. The monoisotopic (exact) mass is 219 g/mol. The van der Waals surface area contributed by atoms with Gasteiger partial charge in [0.2, 0.25) is 5.91 Å². The number of nitrogens with one attached hydrogen (secondary N) is 1. The molecular formula is C7H13N3O5. The summed E-state index contributed by atoms with van der Waals surface area (Å²) >= 11 is 0. The van der Waals surface area contributed by atoms with Gasteiger partial charge in [0.25, 0.3) is 5.91 Å². The molecule has 8 heteroatoms. The molecule has 0 aliphatic rings. The van der Waals surface area contributed by atoms with E-state index in [1.165, 1.54) is 0 Å². The summed E-state index contributed by atoms with van der Waals surface area (Å²) in [6.45, 7) is -0.526. The number of nitrogens with two attached hydrogens (primary N) is 1. The van der Waals surface area contributed by atoms with Crippen LogP contribution in [0.3, 0.4) is 0 Å². The Kier molecular flexibility index (Phi) is 5.27. The zero-order valence-electron chi connectivity index (χ0n) is 7.93. The Hall–Kier alpha value is -1.67. The molecule has 0 fully saturated rings. The average molecular weight is 219 g/mol. The molecule has 86 valence electrons. The Morgan fingerprint density at radius 2 is 2.00 bits per heavy atom. The van der Waals surface area contributed by atoms with Gasteiger partial charge >= 0.3 is 0 Å². The highest BCUT2D eigenvalue weighted by molar-refractivity contribution is 5.88. The summed E-state index contributed by atoms with van der Waals surface area (Å²) in [4.78, 5) is 32.0. The molecule has 0 radical (unpaired) electrons. The molecule has 0 heterocycles. The Morgan fingerprint density at radius 1 is 1.47 bits per heavy atom. The van der Waals surface area contributed by atoms with Crippen molar-refractivity contribution in [3.05, 3.63) is 0 Å². The fourth-order valence-electron chi connectivity index (χ4n) is 0.767. The van der Waals surface area contributed by atoms with Crippen LogP contribution in [0.2, 0.25) is 0 Å². The lowest BCUT2D eigenvalue weighted by molar-refractivity contribution is -0.409. The SMILES string of the molecule is NC(=O)C[C@H](NC(=O)[C@@H]([NH3+])CO)C(=O)[O-]. The summed E-state index contributed by atoms with van der Waals surface area (Å²) in [5.41, 5.74) is 8.03. The van der Waals surface area contributed by atoms with Crippen LogP contribution in [-0.4, -0.2) is 41.6 Å². The maximum Gasteiger partial charge on any atom is 0.281 e. The minimum absolute atomic E-state index is 0.526. The average Bonchev–Trinajstić information content (AvgIpc) is 2.14. The third-order valence-corrected chi connectivity index (χ3v) is 1.60. The molecule has 0 aromatic heterocycles. The fourth-order valence-corrected chi connectivity index (χ4v) is 0.767. The third-order valence-electron chi connectivity index (χ3n) is 1.60. The molecule has 0 rings (SSSR count). The van der Waals surface area contributed by atoms with Gasteiger partial charge in [-0.05, 0) is 0 Å². The van der Waals surface area contributed by atoms with Crippen LogP contribution in [0.1, 0.15) is 6.42 Å². The molecule has 0 aromatic carbocycles. The van der Waals surface area contributed by atoms with Crippen molar-refractivity contribution in [3.63, 3.8) is 0 Å². The first-order chi connectivity index (χ1) is 6.88. The molecule has 0 aromatic rings. The van der Waals surface area contributed by atoms with Crippen molar-refractivity contribution in [2.45, 2.75) is 18.5 Å². The van der Waals surface area contributed by atoms with E-state index in [0.29, 0.717) is 0 Å². The van der Waals surface area contributed by atoms with E-state index >= 15 is 0 Å². The molecule has 15 heavy (non-hydrogen) atoms. The molecule has 0 unspecified atom stereocenters. The van der Waals surface area contributed by atoms with Crippen LogP contribution in [0.25, 0.3) is 0 Å². The van der Waals surface area contributed by atoms with Crippen molar-refractivity contribution in [1.29, 1.82) is 0 Å². The highest BCUT2D eigenvalue weighted by Gasteiger charge is 2.21. The van der Waals surface area contributed by atoms with Gasteiger partial charge in [-0.1, -0.05) is 0 Å². The number of aliphatic hydroxyl groups is 1. The second-order valence-electron chi connectivity index (χ2n) is 2.93. The number of carbonyl (C=O) groups excluding carboxylic acids is 3. The van der Waals surface area contributed by atoms with Crippen LogP contribution in [0, 0.1) is 0 Å². The van der Waals surface area contributed by atoms with Gasteiger partial charge in [-0.2, -0.15) is 0 Å². The van der Waals surface area contributed by atoms with Gasteiger partial charge in [0, 0.05) is 0 Å². The zero-order valence-corrected chi connectivity index (χ0v) is 7.93. The van der Waals surface area contributed by atoms with E-state index in [1.807, 2.05) is 5.32 Å². The second kappa shape index (κ2) is 5.94. The summed E-state index contributed by atoms with van der Waals surface area (Å²) in [6, 6.07) is -2.49. The largest absolute Gasteiger partial charge is 0.548 e. The van der Waals surface area contributed by atoms with Crippen LogP contribution >= 0.6 is 0 Å². The van der Waals surface area contributed by atoms with Crippen LogP contribution in [0.15, 0.2) is 0 Å². The maximum absolute atomic E-state index is 11.1. The molecule has 2 amide bonds. The Labute approximate surface area is 85.2 Å². The van der Waals surface area contributed by atoms with Crippen LogP contribution in [-0.2, 0) is 14.4 Å². The predicted molar refractivity (Wildman–Crippen MR) is 44.5 cm³/mol. The molecule has 0 spiro atoms. The summed E-state index contributed by atoms with van der Waals surface area (Å²) in [5, 5.41) is 21.0. The highest BCUT2D eigenvalue weighted by atomic mass is 16.4. The number of carboxylic acids is 1. The number of aliphatic hydroxyl groups excluding tert-OH is 1. The minimum Gasteiger partial charge on any atom is -0.548 e. The quantitative estimate of drug-likeness (QED) is 0.350. The van der Waals surface area contributed by atoms with E-state index in [4.69, 9.17) is 10.8 Å². The molecule has 8 nitrogen and oxygen atoms in total. The maximum atomic E-state index is 11.1. The molecule has 2 atom stereocenters. The number of carbonyl (C=O) groups is 3. The second-order valence-corrected chi connectivity index (χ2v) is 2.93. The fraction of sp³-hybridized carbons (Fsp3) is 0.571. The number of primary amides is 1. The first-order valence-corrected chi connectivity index (χ1v) is 4.12.